The summed E-state index contributed by atoms with van der Waals surface area (Å²) < 4.78 is 6.30. The van der Waals surface area contributed by atoms with E-state index in [0.29, 0.717) is 11.4 Å². The van der Waals surface area contributed by atoms with Crippen LogP contribution >= 0.6 is 34.2 Å². The Balaban J connectivity index is 2.25. The average molecular weight is 389 g/mol. The van der Waals surface area contributed by atoms with Crippen LogP contribution in [-0.4, -0.2) is 12.2 Å². The number of aliphatic hydroxyl groups is 1. The van der Waals surface area contributed by atoms with Crippen molar-refractivity contribution in [1.29, 1.82) is 0 Å². The number of hydrogen-bond acceptors (Lipinski definition) is 2. The van der Waals surface area contributed by atoms with Gasteiger partial charge in [-0.1, -0.05) is 29.8 Å². The lowest BCUT2D eigenvalue weighted by atomic mass is 10.0. The largest absolute Gasteiger partial charge is 0.496 e. The maximum absolute atomic E-state index is 10.4. The Morgan fingerprint density at radius 2 is 2.00 bits per heavy atom. The topological polar surface area (TPSA) is 29.5 Å². The molecule has 0 radical (unpaired) electrons. The summed E-state index contributed by atoms with van der Waals surface area (Å²) in [7, 11) is 1.63. The molecule has 0 bridgehead atoms. The van der Waals surface area contributed by atoms with Crippen molar-refractivity contribution in [3.8, 4) is 5.75 Å². The third-order valence-corrected chi connectivity index (χ3v) is 4.14. The molecular formula is C15H14ClIO2. The summed E-state index contributed by atoms with van der Waals surface area (Å²) in [6.07, 6.45) is -0.0951. The van der Waals surface area contributed by atoms with Crippen molar-refractivity contribution in [2.75, 3.05) is 7.11 Å². The van der Waals surface area contributed by atoms with E-state index in [0.717, 1.165) is 20.4 Å². The Bertz CT molecular complexity index is 572. The molecule has 0 saturated carbocycles. The van der Waals surface area contributed by atoms with Gasteiger partial charge in [0, 0.05) is 15.0 Å². The molecule has 1 unspecified atom stereocenters. The molecule has 0 aliphatic heterocycles. The first kappa shape index (κ1) is 14.6. The van der Waals surface area contributed by atoms with Gasteiger partial charge >= 0.3 is 0 Å². The molecule has 0 amide bonds. The van der Waals surface area contributed by atoms with E-state index >= 15 is 0 Å². The van der Waals surface area contributed by atoms with Crippen molar-refractivity contribution in [1.82, 2.24) is 0 Å². The number of hydrogen-bond donors (Lipinski definition) is 1. The summed E-state index contributed by atoms with van der Waals surface area (Å²) in [6, 6.07) is 13.2. The molecule has 0 heterocycles. The monoisotopic (exact) mass is 388 g/mol. The quantitative estimate of drug-likeness (QED) is 0.794. The number of para-hydroxylation sites is 1. The predicted octanol–water partition coefficient (Wildman–Crippen LogP) is 4.23. The third-order valence-electron chi connectivity index (χ3n) is 2.92. The molecule has 0 saturated heterocycles. The summed E-state index contributed by atoms with van der Waals surface area (Å²) in [5.74, 6) is 0.790. The first-order valence-corrected chi connectivity index (χ1v) is 7.32. The smallest absolute Gasteiger partial charge is 0.122 e. The zero-order valence-electron chi connectivity index (χ0n) is 10.4. The SMILES string of the molecule is COc1ccccc1CC(O)c1cc(Cl)ccc1I. The number of aliphatic hydroxyl groups excluding tert-OH is 1. The fraction of sp³-hybridized carbons (Fsp3) is 0.200. The van der Waals surface area contributed by atoms with Gasteiger partial charge in [-0.2, -0.15) is 0 Å². The summed E-state index contributed by atoms with van der Waals surface area (Å²) in [5, 5.41) is 11.0. The third kappa shape index (κ3) is 3.61. The predicted molar refractivity (Wildman–Crippen MR) is 85.8 cm³/mol. The lowest BCUT2D eigenvalue weighted by Gasteiger charge is -2.15. The van der Waals surface area contributed by atoms with Gasteiger partial charge in [0.05, 0.1) is 13.2 Å². The molecule has 0 aliphatic rings. The highest BCUT2D eigenvalue weighted by Crippen LogP contribution is 2.29. The Labute approximate surface area is 131 Å². The van der Waals surface area contributed by atoms with Crippen LogP contribution in [0.4, 0.5) is 0 Å². The summed E-state index contributed by atoms with van der Waals surface area (Å²) in [6.45, 7) is 0. The van der Waals surface area contributed by atoms with Crippen LogP contribution in [0.1, 0.15) is 17.2 Å². The second-order valence-corrected chi connectivity index (χ2v) is 5.80. The van der Waals surface area contributed by atoms with Crippen molar-refractivity contribution >= 4 is 34.2 Å². The van der Waals surface area contributed by atoms with Gasteiger partial charge in [0.1, 0.15) is 5.75 Å². The minimum atomic E-state index is -0.595. The molecule has 19 heavy (non-hydrogen) atoms. The normalized spacial score (nSPS) is 12.2. The van der Waals surface area contributed by atoms with Crippen LogP contribution in [0, 0.1) is 3.57 Å². The van der Waals surface area contributed by atoms with E-state index in [4.69, 9.17) is 16.3 Å². The Morgan fingerprint density at radius 3 is 2.74 bits per heavy atom. The number of halogens is 2. The first-order valence-electron chi connectivity index (χ1n) is 5.86. The fourth-order valence-corrected chi connectivity index (χ4v) is 2.84. The van der Waals surface area contributed by atoms with Gasteiger partial charge in [0.15, 0.2) is 0 Å². The maximum atomic E-state index is 10.4. The van der Waals surface area contributed by atoms with E-state index in [-0.39, 0.29) is 0 Å². The zero-order chi connectivity index (χ0) is 13.8. The van der Waals surface area contributed by atoms with Crippen molar-refractivity contribution < 1.29 is 9.84 Å². The van der Waals surface area contributed by atoms with Crippen LogP contribution in [0.25, 0.3) is 0 Å². The summed E-state index contributed by atoms with van der Waals surface area (Å²) in [5.41, 5.74) is 1.83. The summed E-state index contributed by atoms with van der Waals surface area (Å²) >= 11 is 8.19. The lowest BCUT2D eigenvalue weighted by molar-refractivity contribution is 0.176. The van der Waals surface area contributed by atoms with Crippen molar-refractivity contribution in [3.63, 3.8) is 0 Å². The van der Waals surface area contributed by atoms with Gasteiger partial charge in [-0.25, -0.2) is 0 Å². The van der Waals surface area contributed by atoms with Gasteiger partial charge in [-0.15, -0.1) is 0 Å². The molecule has 1 N–H and O–H groups in total. The molecule has 0 aromatic heterocycles. The van der Waals surface area contributed by atoms with Crippen LogP contribution in [0.3, 0.4) is 0 Å². The fourth-order valence-electron chi connectivity index (χ4n) is 1.96. The summed E-state index contributed by atoms with van der Waals surface area (Å²) in [4.78, 5) is 0. The lowest BCUT2D eigenvalue weighted by Crippen LogP contribution is -2.05. The van der Waals surface area contributed by atoms with Crippen LogP contribution in [-0.2, 0) is 6.42 Å². The second kappa shape index (κ2) is 6.59. The van der Waals surface area contributed by atoms with E-state index in [2.05, 4.69) is 22.6 Å². The van der Waals surface area contributed by atoms with Crippen molar-refractivity contribution in [2.24, 2.45) is 0 Å². The molecule has 1 atom stereocenters. The van der Waals surface area contributed by atoms with Crippen LogP contribution in [0.15, 0.2) is 42.5 Å². The Hall–Kier alpha value is -0.780. The number of rotatable bonds is 4. The van der Waals surface area contributed by atoms with Crippen LogP contribution in [0.2, 0.25) is 5.02 Å². The Morgan fingerprint density at radius 1 is 1.26 bits per heavy atom. The van der Waals surface area contributed by atoms with Gasteiger partial charge in [-0.3, -0.25) is 0 Å². The molecule has 2 aromatic rings. The van der Waals surface area contributed by atoms with E-state index in [1.54, 1.807) is 7.11 Å². The van der Waals surface area contributed by atoms with E-state index < -0.39 is 6.10 Å². The molecule has 4 heteroatoms. The highest BCUT2D eigenvalue weighted by molar-refractivity contribution is 14.1. The van der Waals surface area contributed by atoms with Gasteiger partial charge in [0.25, 0.3) is 0 Å². The zero-order valence-corrected chi connectivity index (χ0v) is 13.4. The molecule has 2 nitrogen and oxygen atoms in total. The van der Waals surface area contributed by atoms with E-state index in [1.807, 2.05) is 42.5 Å². The number of methoxy groups -OCH3 is 1. The van der Waals surface area contributed by atoms with E-state index in [9.17, 15) is 5.11 Å². The molecular weight excluding hydrogens is 375 g/mol. The average Bonchev–Trinajstić information content (AvgIpc) is 2.42. The highest BCUT2D eigenvalue weighted by Gasteiger charge is 2.14. The second-order valence-electron chi connectivity index (χ2n) is 4.20. The maximum Gasteiger partial charge on any atom is 0.122 e. The standard InChI is InChI=1S/C15H14ClIO2/c1-19-15-5-3-2-4-10(15)8-14(18)12-9-11(16)6-7-13(12)17/h2-7,9,14,18H,8H2,1H3. The molecule has 0 fully saturated rings. The van der Waals surface area contributed by atoms with Crippen molar-refractivity contribution in [3.05, 3.63) is 62.2 Å². The minimum absolute atomic E-state index is 0.500. The van der Waals surface area contributed by atoms with Gasteiger partial charge in [0.2, 0.25) is 0 Å². The van der Waals surface area contributed by atoms with Crippen LogP contribution in [0.5, 0.6) is 5.75 Å². The van der Waals surface area contributed by atoms with Crippen LogP contribution < -0.4 is 4.74 Å². The highest BCUT2D eigenvalue weighted by atomic mass is 127. The number of benzene rings is 2. The number of ether oxygens (including phenoxy) is 1. The Kier molecular flexibility index (Phi) is 5.07. The molecule has 0 aliphatic carbocycles. The van der Waals surface area contributed by atoms with E-state index in [1.165, 1.54) is 0 Å². The molecule has 2 aromatic carbocycles. The van der Waals surface area contributed by atoms with Gasteiger partial charge < -0.3 is 9.84 Å². The van der Waals surface area contributed by atoms with Gasteiger partial charge in [-0.05, 0) is 58.0 Å². The molecule has 2 rings (SSSR count). The molecule has 0 spiro atoms. The van der Waals surface area contributed by atoms with Crippen molar-refractivity contribution in [2.45, 2.75) is 12.5 Å². The molecule has 100 valence electrons. The first-order chi connectivity index (χ1) is 9.11. The minimum Gasteiger partial charge on any atom is -0.496 e.